The van der Waals surface area contributed by atoms with E-state index in [1.54, 1.807) is 0 Å². The van der Waals surface area contributed by atoms with Crippen molar-refractivity contribution in [1.82, 2.24) is 9.97 Å². The molecule has 2 nitrogen and oxygen atoms in total. The molecule has 1 aromatic carbocycles. The second kappa shape index (κ2) is 2.83. The molecule has 3 heterocycles. The van der Waals surface area contributed by atoms with E-state index in [9.17, 15) is 0 Å². The topological polar surface area (TPSA) is 28.7 Å². The van der Waals surface area contributed by atoms with Crippen LogP contribution in [-0.4, -0.2) is 9.97 Å². The number of aromatic amines is 1. The predicted octanol–water partition coefficient (Wildman–Crippen LogP) is 3.93. The van der Waals surface area contributed by atoms with E-state index in [1.165, 1.54) is 25.7 Å². The molecule has 3 aromatic heterocycles. The van der Waals surface area contributed by atoms with Crippen LogP contribution in [0.2, 0.25) is 0 Å². The molecule has 3 heteroatoms. The summed E-state index contributed by atoms with van der Waals surface area (Å²) in [5.41, 5.74) is 2.30. The van der Waals surface area contributed by atoms with Crippen molar-refractivity contribution in [2.75, 3.05) is 0 Å². The summed E-state index contributed by atoms with van der Waals surface area (Å²) in [5, 5.41) is 2.45. The number of nitrogens with one attached hydrogen (secondary N) is 1. The van der Waals surface area contributed by atoms with Gasteiger partial charge in [0.05, 0.1) is 15.7 Å². The lowest BCUT2D eigenvalue weighted by Gasteiger charge is -1.97. The molecule has 0 aliphatic carbocycles. The summed E-state index contributed by atoms with van der Waals surface area (Å²) in [6.45, 7) is 0. The molecule has 0 aliphatic heterocycles. The Balaban J connectivity index is 2.41. The molecule has 0 spiro atoms. The monoisotopic (exact) mass is 224 g/mol. The van der Waals surface area contributed by atoms with Crippen LogP contribution in [0.4, 0.5) is 0 Å². The Bertz CT molecular complexity index is 810. The van der Waals surface area contributed by atoms with Crippen LogP contribution < -0.4 is 0 Å². The smallest absolute Gasteiger partial charge is 0.0809 e. The quantitative estimate of drug-likeness (QED) is 0.481. The number of thiophene rings is 1. The molecule has 1 N–H and O–H groups in total. The van der Waals surface area contributed by atoms with Crippen molar-refractivity contribution in [3.8, 4) is 0 Å². The molecule has 4 rings (SSSR count). The van der Waals surface area contributed by atoms with Crippen LogP contribution >= 0.6 is 11.3 Å². The fourth-order valence-electron chi connectivity index (χ4n) is 2.21. The van der Waals surface area contributed by atoms with Crippen molar-refractivity contribution < 1.29 is 0 Å². The minimum Gasteiger partial charge on any atom is -0.360 e. The Kier molecular flexibility index (Phi) is 1.47. The van der Waals surface area contributed by atoms with Crippen LogP contribution in [0.3, 0.4) is 0 Å². The number of hydrogen-bond acceptors (Lipinski definition) is 2. The van der Waals surface area contributed by atoms with Gasteiger partial charge in [-0.2, -0.15) is 0 Å². The average molecular weight is 224 g/mol. The third kappa shape index (κ3) is 0.933. The van der Waals surface area contributed by atoms with Gasteiger partial charge >= 0.3 is 0 Å². The summed E-state index contributed by atoms with van der Waals surface area (Å²) in [6, 6.07) is 10.5. The normalized spacial score (nSPS) is 11.8. The number of hydrogen-bond donors (Lipinski definition) is 1. The molecule has 0 saturated carbocycles. The van der Waals surface area contributed by atoms with Crippen molar-refractivity contribution >= 4 is 42.5 Å². The zero-order chi connectivity index (χ0) is 10.5. The zero-order valence-corrected chi connectivity index (χ0v) is 9.21. The summed E-state index contributed by atoms with van der Waals surface area (Å²) in [5.74, 6) is 0. The van der Waals surface area contributed by atoms with Crippen LogP contribution in [-0.2, 0) is 0 Å². The average Bonchev–Trinajstić information content (AvgIpc) is 2.88. The van der Waals surface area contributed by atoms with Crippen LogP contribution in [0.5, 0.6) is 0 Å². The maximum absolute atomic E-state index is 4.50. The Labute approximate surface area is 95.5 Å². The number of rotatable bonds is 0. The standard InChI is InChI=1S/C13H8N2S/c1-2-8-3-4-9-11(12(8)14-6-1)13-10(16-9)5-7-15-13/h1-7,15H. The van der Waals surface area contributed by atoms with Gasteiger partial charge in [-0.3, -0.25) is 4.98 Å². The molecule has 76 valence electrons. The second-order valence-electron chi connectivity index (χ2n) is 3.83. The highest BCUT2D eigenvalue weighted by Crippen LogP contribution is 2.36. The van der Waals surface area contributed by atoms with Gasteiger partial charge in [-0.25, -0.2) is 0 Å². The molecular formula is C13H8N2S. The summed E-state index contributed by atoms with van der Waals surface area (Å²) in [7, 11) is 0. The number of fused-ring (bicyclic) bond motifs is 5. The molecule has 0 atom stereocenters. The van der Waals surface area contributed by atoms with Gasteiger partial charge in [-0.15, -0.1) is 11.3 Å². The molecule has 0 bridgehead atoms. The second-order valence-corrected chi connectivity index (χ2v) is 4.92. The highest BCUT2D eigenvalue weighted by molar-refractivity contribution is 7.26. The van der Waals surface area contributed by atoms with E-state index in [0.29, 0.717) is 0 Å². The fourth-order valence-corrected chi connectivity index (χ4v) is 3.28. The SMILES string of the molecule is c1cnc2c(c1)ccc1sc3cc[nH]c3c12. The number of H-pyrrole nitrogens is 1. The van der Waals surface area contributed by atoms with Gasteiger partial charge < -0.3 is 4.98 Å². The van der Waals surface area contributed by atoms with Gasteiger partial charge in [0.2, 0.25) is 0 Å². The van der Waals surface area contributed by atoms with E-state index in [-0.39, 0.29) is 0 Å². The lowest BCUT2D eigenvalue weighted by Crippen LogP contribution is -1.78. The molecule has 0 radical (unpaired) electrons. The Morgan fingerprint density at radius 2 is 2.06 bits per heavy atom. The van der Waals surface area contributed by atoms with Gasteiger partial charge in [0.1, 0.15) is 0 Å². The van der Waals surface area contributed by atoms with E-state index in [2.05, 4.69) is 34.2 Å². The Morgan fingerprint density at radius 3 is 3.06 bits per heavy atom. The first-order valence-corrected chi connectivity index (χ1v) is 5.98. The molecule has 0 saturated heterocycles. The third-order valence-corrected chi connectivity index (χ3v) is 4.04. The van der Waals surface area contributed by atoms with Gasteiger partial charge in [0.15, 0.2) is 0 Å². The van der Waals surface area contributed by atoms with Gasteiger partial charge in [-0.05, 0) is 18.2 Å². The summed E-state index contributed by atoms with van der Waals surface area (Å²) >= 11 is 1.81. The minimum atomic E-state index is 1.09. The largest absolute Gasteiger partial charge is 0.360 e. The van der Waals surface area contributed by atoms with E-state index in [4.69, 9.17) is 0 Å². The zero-order valence-electron chi connectivity index (χ0n) is 8.40. The molecule has 0 aliphatic rings. The number of aromatic nitrogens is 2. The maximum atomic E-state index is 4.50. The molecule has 0 amide bonds. The fraction of sp³-hybridized carbons (Fsp3) is 0. The molecule has 4 aromatic rings. The molecule has 16 heavy (non-hydrogen) atoms. The number of pyridine rings is 1. The van der Waals surface area contributed by atoms with Crippen molar-refractivity contribution in [2.45, 2.75) is 0 Å². The summed E-state index contributed by atoms with van der Waals surface area (Å²) < 4.78 is 2.60. The van der Waals surface area contributed by atoms with Crippen LogP contribution in [0.25, 0.3) is 31.2 Å². The lowest BCUT2D eigenvalue weighted by molar-refractivity contribution is 1.43. The minimum absolute atomic E-state index is 1.09. The van der Waals surface area contributed by atoms with Crippen LogP contribution in [0, 0.1) is 0 Å². The number of benzene rings is 1. The highest BCUT2D eigenvalue weighted by Gasteiger charge is 2.09. The van der Waals surface area contributed by atoms with E-state index in [1.807, 2.05) is 29.8 Å². The Hall–Kier alpha value is -1.87. The van der Waals surface area contributed by atoms with Crippen molar-refractivity contribution in [3.05, 3.63) is 42.7 Å². The van der Waals surface area contributed by atoms with E-state index >= 15 is 0 Å². The highest BCUT2D eigenvalue weighted by atomic mass is 32.1. The lowest BCUT2D eigenvalue weighted by atomic mass is 10.1. The predicted molar refractivity (Wildman–Crippen MR) is 69.0 cm³/mol. The summed E-state index contributed by atoms with van der Waals surface area (Å²) in [6.07, 6.45) is 3.84. The third-order valence-electron chi connectivity index (χ3n) is 2.92. The molecule has 0 unspecified atom stereocenters. The van der Waals surface area contributed by atoms with Crippen molar-refractivity contribution in [2.24, 2.45) is 0 Å². The van der Waals surface area contributed by atoms with Crippen molar-refractivity contribution in [1.29, 1.82) is 0 Å². The van der Waals surface area contributed by atoms with Gasteiger partial charge in [-0.1, -0.05) is 12.1 Å². The first kappa shape index (κ1) is 8.30. The number of nitrogens with zero attached hydrogens (tertiary/aromatic N) is 1. The van der Waals surface area contributed by atoms with Gasteiger partial charge in [0, 0.05) is 27.9 Å². The first-order valence-electron chi connectivity index (χ1n) is 5.17. The van der Waals surface area contributed by atoms with E-state index < -0.39 is 0 Å². The van der Waals surface area contributed by atoms with E-state index in [0.717, 1.165) is 5.52 Å². The Morgan fingerprint density at radius 1 is 1.06 bits per heavy atom. The summed E-state index contributed by atoms with van der Waals surface area (Å²) in [4.78, 5) is 7.80. The first-order chi connectivity index (χ1) is 7.93. The molecule has 0 fully saturated rings. The van der Waals surface area contributed by atoms with Crippen LogP contribution in [0.1, 0.15) is 0 Å². The molecular weight excluding hydrogens is 216 g/mol. The maximum Gasteiger partial charge on any atom is 0.0809 e. The van der Waals surface area contributed by atoms with Crippen LogP contribution in [0.15, 0.2) is 42.7 Å². The van der Waals surface area contributed by atoms with Crippen molar-refractivity contribution in [3.63, 3.8) is 0 Å². The van der Waals surface area contributed by atoms with Gasteiger partial charge in [0.25, 0.3) is 0 Å².